The molecule has 1 fully saturated rings. The van der Waals surface area contributed by atoms with Gasteiger partial charge in [0.15, 0.2) is 0 Å². The van der Waals surface area contributed by atoms with Crippen molar-refractivity contribution in [3.63, 3.8) is 0 Å². The quantitative estimate of drug-likeness (QED) is 0.448. The molecule has 2 N–H and O–H groups in total. The van der Waals surface area contributed by atoms with Gasteiger partial charge in [-0.05, 0) is 37.3 Å². The van der Waals surface area contributed by atoms with Gasteiger partial charge < -0.3 is 20.3 Å². The second-order valence-electron chi connectivity index (χ2n) is 8.52. The van der Waals surface area contributed by atoms with Crippen molar-refractivity contribution in [2.24, 2.45) is 0 Å². The molecule has 1 aliphatic heterocycles. The van der Waals surface area contributed by atoms with Crippen molar-refractivity contribution >= 4 is 23.3 Å². The fourth-order valence-corrected chi connectivity index (χ4v) is 3.71. The molecular weight excluding hydrogens is 508 g/mol. The molecule has 13 heteroatoms. The fourth-order valence-electron chi connectivity index (χ4n) is 3.71. The monoisotopic (exact) mass is 532 g/mol. The molecule has 0 aliphatic carbocycles. The van der Waals surface area contributed by atoms with Crippen molar-refractivity contribution in [1.29, 1.82) is 0 Å². The highest BCUT2D eigenvalue weighted by Crippen LogP contribution is 2.31. The molecule has 3 aromatic rings. The summed E-state index contributed by atoms with van der Waals surface area (Å²) in [5, 5.41) is 5.27. The van der Waals surface area contributed by atoms with Crippen LogP contribution in [0.4, 0.5) is 29.1 Å². The van der Waals surface area contributed by atoms with Crippen LogP contribution >= 0.6 is 0 Å². The smallest absolute Gasteiger partial charge is 0.378 e. The number of morpholine rings is 1. The van der Waals surface area contributed by atoms with Gasteiger partial charge in [0.25, 0.3) is 5.91 Å². The van der Waals surface area contributed by atoms with Gasteiger partial charge in [-0.2, -0.15) is 13.2 Å². The van der Waals surface area contributed by atoms with Crippen LogP contribution in [0.5, 0.6) is 0 Å². The van der Waals surface area contributed by atoms with E-state index in [0.29, 0.717) is 43.1 Å². The number of pyridine rings is 1. The molecule has 2 amide bonds. The maximum atomic E-state index is 13.3. The second-order valence-corrected chi connectivity index (χ2v) is 8.52. The Morgan fingerprint density at radius 1 is 1.05 bits per heavy atom. The van der Waals surface area contributed by atoms with Gasteiger partial charge >= 0.3 is 6.18 Å². The largest absolute Gasteiger partial charge is 0.433 e. The Labute approximate surface area is 215 Å². The van der Waals surface area contributed by atoms with Crippen molar-refractivity contribution in [2.45, 2.75) is 25.6 Å². The lowest BCUT2D eigenvalue weighted by atomic mass is 10.0. The number of halogens is 4. The van der Waals surface area contributed by atoms with Crippen LogP contribution in [0.3, 0.4) is 0 Å². The number of rotatable bonds is 7. The second kappa shape index (κ2) is 11.5. The molecule has 1 saturated heterocycles. The number of aromatic nitrogens is 3. The molecule has 200 valence electrons. The standard InChI is InChI=1S/C25H24F4N6O3/c1-15(17-13-30-21(31-14-17)24(37)33-19-5-3-18(26)4-6-19)23(36)32-12-16-2-7-20(25(27,28)29)34-22(16)35-8-10-38-11-9-35/h2-7,13-15H,8-12H2,1H3,(H,32,36)(H,33,37). The average Bonchev–Trinajstić information content (AvgIpc) is 2.92. The van der Waals surface area contributed by atoms with Crippen LogP contribution in [0.2, 0.25) is 0 Å². The van der Waals surface area contributed by atoms with Crippen LogP contribution < -0.4 is 15.5 Å². The number of anilines is 2. The Morgan fingerprint density at radius 3 is 2.34 bits per heavy atom. The third-order valence-electron chi connectivity index (χ3n) is 5.88. The normalized spacial score (nSPS) is 14.6. The number of carbonyl (C=O) groups is 2. The lowest BCUT2D eigenvalue weighted by Gasteiger charge is -2.30. The van der Waals surface area contributed by atoms with Crippen molar-refractivity contribution in [3.8, 4) is 0 Å². The highest BCUT2D eigenvalue weighted by atomic mass is 19.4. The first-order valence-electron chi connectivity index (χ1n) is 11.7. The number of alkyl halides is 3. The number of hydrogen-bond donors (Lipinski definition) is 2. The number of amides is 2. The lowest BCUT2D eigenvalue weighted by molar-refractivity contribution is -0.141. The van der Waals surface area contributed by atoms with Gasteiger partial charge in [-0.15, -0.1) is 0 Å². The number of nitrogens with one attached hydrogen (secondary N) is 2. The third-order valence-corrected chi connectivity index (χ3v) is 5.88. The molecule has 1 aromatic carbocycles. The Morgan fingerprint density at radius 2 is 1.71 bits per heavy atom. The van der Waals surface area contributed by atoms with Crippen LogP contribution in [0, 0.1) is 5.82 Å². The van der Waals surface area contributed by atoms with Gasteiger partial charge in [-0.3, -0.25) is 9.59 Å². The predicted molar refractivity (Wildman–Crippen MR) is 129 cm³/mol. The highest BCUT2D eigenvalue weighted by Gasteiger charge is 2.34. The molecule has 3 heterocycles. The van der Waals surface area contributed by atoms with E-state index >= 15 is 0 Å². The van der Waals surface area contributed by atoms with E-state index in [9.17, 15) is 27.2 Å². The summed E-state index contributed by atoms with van der Waals surface area (Å²) in [6, 6.07) is 7.38. The van der Waals surface area contributed by atoms with E-state index in [1.54, 1.807) is 11.8 Å². The Hall–Kier alpha value is -4.13. The van der Waals surface area contributed by atoms with Crippen molar-refractivity contribution in [2.75, 3.05) is 36.5 Å². The number of hydrogen-bond acceptors (Lipinski definition) is 7. The van der Waals surface area contributed by atoms with Gasteiger partial charge in [0.05, 0.1) is 19.1 Å². The zero-order chi connectivity index (χ0) is 27.3. The number of benzene rings is 1. The van der Waals surface area contributed by atoms with Gasteiger partial charge in [0.2, 0.25) is 11.7 Å². The molecule has 38 heavy (non-hydrogen) atoms. The van der Waals surface area contributed by atoms with Crippen molar-refractivity contribution in [1.82, 2.24) is 20.3 Å². The van der Waals surface area contributed by atoms with E-state index in [0.717, 1.165) is 6.07 Å². The molecule has 0 spiro atoms. The van der Waals surface area contributed by atoms with E-state index < -0.39 is 35.4 Å². The molecule has 1 unspecified atom stereocenters. The molecule has 9 nitrogen and oxygen atoms in total. The first kappa shape index (κ1) is 26.9. The van der Waals surface area contributed by atoms with Gasteiger partial charge in [0, 0.05) is 48.8 Å². The Balaban J connectivity index is 1.41. The summed E-state index contributed by atoms with van der Waals surface area (Å²) < 4.78 is 58.1. The number of ether oxygens (including phenoxy) is 1. The van der Waals surface area contributed by atoms with Gasteiger partial charge in [-0.25, -0.2) is 19.3 Å². The van der Waals surface area contributed by atoms with Crippen LogP contribution in [-0.2, 0) is 22.3 Å². The van der Waals surface area contributed by atoms with Crippen LogP contribution in [-0.4, -0.2) is 53.1 Å². The zero-order valence-corrected chi connectivity index (χ0v) is 20.3. The summed E-state index contributed by atoms with van der Waals surface area (Å²) in [5.41, 5.74) is 0.221. The fraction of sp³-hybridized carbons (Fsp3) is 0.320. The zero-order valence-electron chi connectivity index (χ0n) is 20.3. The van der Waals surface area contributed by atoms with E-state index in [1.807, 2.05) is 0 Å². The SMILES string of the molecule is CC(C(=O)NCc1ccc(C(F)(F)F)nc1N1CCOCC1)c1cnc(C(=O)Nc2ccc(F)cc2)nc1. The van der Waals surface area contributed by atoms with Crippen molar-refractivity contribution in [3.05, 3.63) is 77.3 Å². The summed E-state index contributed by atoms with van der Waals surface area (Å²) in [6.07, 6.45) is -1.91. The molecule has 0 bridgehead atoms. The Bertz CT molecular complexity index is 1280. The maximum Gasteiger partial charge on any atom is 0.433 e. The minimum absolute atomic E-state index is 0.0416. The van der Waals surface area contributed by atoms with Crippen LogP contribution in [0.15, 0.2) is 48.8 Å². The van der Waals surface area contributed by atoms with Gasteiger partial charge in [-0.1, -0.05) is 6.07 Å². The minimum atomic E-state index is -4.60. The van der Waals surface area contributed by atoms with E-state index in [-0.39, 0.29) is 18.2 Å². The van der Waals surface area contributed by atoms with Crippen LogP contribution in [0.25, 0.3) is 0 Å². The summed E-state index contributed by atoms with van der Waals surface area (Å²) >= 11 is 0. The molecule has 1 atom stereocenters. The molecule has 2 aromatic heterocycles. The summed E-state index contributed by atoms with van der Waals surface area (Å²) in [5.74, 6) is -2.16. The number of carbonyl (C=O) groups excluding carboxylic acids is 2. The Kier molecular flexibility index (Phi) is 8.15. The average molecular weight is 532 g/mol. The van der Waals surface area contributed by atoms with E-state index in [2.05, 4.69) is 25.6 Å². The summed E-state index contributed by atoms with van der Waals surface area (Å²) in [7, 11) is 0. The lowest BCUT2D eigenvalue weighted by Crippen LogP contribution is -2.38. The van der Waals surface area contributed by atoms with Crippen molar-refractivity contribution < 1.29 is 31.9 Å². The minimum Gasteiger partial charge on any atom is -0.378 e. The van der Waals surface area contributed by atoms with Gasteiger partial charge in [0.1, 0.15) is 17.3 Å². The van der Waals surface area contributed by atoms with Crippen LogP contribution in [0.1, 0.15) is 40.3 Å². The molecular formula is C25H24F4N6O3. The molecule has 0 saturated carbocycles. The first-order valence-corrected chi connectivity index (χ1v) is 11.7. The molecule has 4 rings (SSSR count). The summed E-state index contributed by atoms with van der Waals surface area (Å²) in [6.45, 7) is 3.05. The molecule has 0 radical (unpaired) electrons. The maximum absolute atomic E-state index is 13.3. The summed E-state index contributed by atoms with van der Waals surface area (Å²) in [4.78, 5) is 38.7. The topological polar surface area (TPSA) is 109 Å². The molecule has 1 aliphatic rings. The number of nitrogens with zero attached hydrogens (tertiary/aromatic N) is 4. The predicted octanol–water partition coefficient (Wildman–Crippen LogP) is 3.54. The highest BCUT2D eigenvalue weighted by molar-refractivity contribution is 6.01. The van der Waals surface area contributed by atoms with E-state index in [4.69, 9.17) is 4.74 Å². The first-order chi connectivity index (χ1) is 18.1. The van der Waals surface area contributed by atoms with E-state index in [1.165, 1.54) is 42.7 Å². The third kappa shape index (κ3) is 6.59.